The molecule has 0 aromatic carbocycles. The third-order valence-corrected chi connectivity index (χ3v) is 12.3. The summed E-state index contributed by atoms with van der Waals surface area (Å²) in [5.41, 5.74) is 1.34. The summed E-state index contributed by atoms with van der Waals surface area (Å²) in [6, 6.07) is 1.13. The van der Waals surface area contributed by atoms with Crippen molar-refractivity contribution >= 4 is 22.7 Å². The van der Waals surface area contributed by atoms with E-state index in [1.54, 1.807) is 0 Å². The van der Waals surface area contributed by atoms with E-state index < -0.39 is 46.1 Å². The first kappa shape index (κ1) is 31.4. The Morgan fingerprint density at radius 3 is 2.69 bits per heavy atom. The van der Waals surface area contributed by atoms with E-state index in [0.29, 0.717) is 31.7 Å². The fourth-order valence-corrected chi connectivity index (χ4v) is 10.1. The van der Waals surface area contributed by atoms with Gasteiger partial charge in [0.1, 0.15) is 35.2 Å². The molecule has 49 heavy (non-hydrogen) atoms. The number of hydrogen-bond donors (Lipinski definition) is 2. The SMILES string of the molecule is CCc1cc(N)nc(-c2c(F)c3nc(OC[C@]45C[C@@H](F)CN4CC4(CCC4)C5)nc4c3n(c2=O)CCC2C3CCC(CN42)N3)c1C(F)(F)F. The van der Waals surface area contributed by atoms with Crippen molar-refractivity contribution in [3.05, 3.63) is 33.4 Å². The van der Waals surface area contributed by atoms with Crippen LogP contribution in [0, 0.1) is 11.2 Å². The Morgan fingerprint density at radius 1 is 1.14 bits per heavy atom. The Hall–Kier alpha value is -3.59. The summed E-state index contributed by atoms with van der Waals surface area (Å²) >= 11 is 0. The molecule has 1 spiro atoms. The number of aromatic nitrogens is 4. The minimum Gasteiger partial charge on any atom is -0.461 e. The summed E-state index contributed by atoms with van der Waals surface area (Å²) in [7, 11) is 0. The number of halogens is 5. The van der Waals surface area contributed by atoms with Crippen LogP contribution in [0.15, 0.2) is 10.9 Å². The molecule has 0 amide bonds. The number of hydrogen-bond acceptors (Lipinski definition) is 9. The topological polar surface area (TPSA) is 114 Å². The molecule has 3 aromatic rings. The molecular weight excluding hydrogens is 647 g/mol. The highest BCUT2D eigenvalue weighted by Crippen LogP contribution is 2.57. The highest BCUT2D eigenvalue weighted by molar-refractivity contribution is 5.91. The Bertz CT molecular complexity index is 1930. The number of anilines is 2. The molecular formula is C34H39F5N8O2. The van der Waals surface area contributed by atoms with Crippen LogP contribution in [0.2, 0.25) is 0 Å². The van der Waals surface area contributed by atoms with Crippen molar-refractivity contribution in [3.8, 4) is 17.3 Å². The van der Waals surface area contributed by atoms with Gasteiger partial charge in [0.2, 0.25) is 0 Å². The van der Waals surface area contributed by atoms with Crippen molar-refractivity contribution in [1.29, 1.82) is 0 Å². The number of nitrogens with zero attached hydrogens (tertiary/aromatic N) is 6. The molecule has 5 fully saturated rings. The van der Waals surface area contributed by atoms with Gasteiger partial charge in [0, 0.05) is 50.7 Å². The number of nitrogens with two attached hydrogens (primary N) is 1. The molecule has 262 valence electrons. The van der Waals surface area contributed by atoms with Crippen molar-refractivity contribution in [3.63, 3.8) is 0 Å². The average molecular weight is 687 g/mol. The van der Waals surface area contributed by atoms with Gasteiger partial charge in [-0.15, -0.1) is 0 Å². The quantitative estimate of drug-likeness (QED) is 0.372. The van der Waals surface area contributed by atoms with E-state index in [0.717, 1.165) is 51.1 Å². The molecule has 0 radical (unpaired) electrons. The molecule has 8 heterocycles. The van der Waals surface area contributed by atoms with E-state index in [1.807, 2.05) is 0 Å². The maximum Gasteiger partial charge on any atom is 0.418 e. The number of nitrogen functional groups attached to an aromatic ring is 1. The summed E-state index contributed by atoms with van der Waals surface area (Å²) in [5, 5.41) is 3.64. The molecule has 1 aliphatic carbocycles. The number of pyridine rings is 2. The van der Waals surface area contributed by atoms with Gasteiger partial charge >= 0.3 is 12.2 Å². The van der Waals surface area contributed by atoms with Crippen molar-refractivity contribution in [2.45, 2.75) is 107 Å². The zero-order chi connectivity index (χ0) is 34.0. The molecule has 3 unspecified atom stereocenters. The third kappa shape index (κ3) is 4.70. The second-order valence-electron chi connectivity index (χ2n) is 15.2. The average Bonchev–Trinajstić information content (AvgIpc) is 3.63. The lowest BCUT2D eigenvalue weighted by molar-refractivity contribution is -0.137. The standard InChI is InChI=1S/C34H39F5N8O2/c1-2-17-10-22(40)42-26(24(17)34(37,38)39)23-25(36)27-28-29(47-13-19-4-5-20(41-19)21(47)6-9-46(28)30(23)48)44-31(43-27)49-16-33-11-18(35)12-45(33)15-32(14-33)7-3-8-32/h10,18-21,41H,2-9,11-16H2,1H3,(H2,40,42)/t18-,19?,20?,21?,33-/m1/s1. The van der Waals surface area contributed by atoms with E-state index in [1.165, 1.54) is 11.5 Å². The van der Waals surface area contributed by atoms with Crippen LogP contribution < -0.4 is 26.2 Å². The second-order valence-corrected chi connectivity index (χ2v) is 15.2. The lowest BCUT2D eigenvalue weighted by atomic mass is 9.65. The number of alkyl halides is 4. The molecule has 3 aromatic heterocycles. The van der Waals surface area contributed by atoms with Crippen LogP contribution in [0.1, 0.15) is 69.4 Å². The van der Waals surface area contributed by atoms with Crippen LogP contribution in [-0.2, 0) is 19.1 Å². The fourth-order valence-electron chi connectivity index (χ4n) is 10.1. The van der Waals surface area contributed by atoms with Gasteiger partial charge in [0.05, 0.1) is 16.8 Å². The molecule has 2 bridgehead atoms. The summed E-state index contributed by atoms with van der Waals surface area (Å²) in [6.45, 7) is 3.44. The number of nitrogens with one attached hydrogen (secondary N) is 1. The van der Waals surface area contributed by atoms with Crippen LogP contribution in [0.5, 0.6) is 6.01 Å². The van der Waals surface area contributed by atoms with Crippen LogP contribution >= 0.6 is 0 Å². The first-order valence-electron chi connectivity index (χ1n) is 17.4. The number of rotatable bonds is 5. The monoisotopic (exact) mass is 686 g/mol. The molecule has 9 rings (SSSR count). The normalized spacial score (nSPS) is 30.0. The largest absolute Gasteiger partial charge is 0.461 e. The van der Waals surface area contributed by atoms with Gasteiger partial charge in [0.25, 0.3) is 5.56 Å². The van der Waals surface area contributed by atoms with Gasteiger partial charge in [-0.2, -0.15) is 23.1 Å². The maximum absolute atomic E-state index is 17.0. The number of aryl methyl sites for hydroxylation is 2. The van der Waals surface area contributed by atoms with E-state index >= 15 is 4.39 Å². The Balaban J connectivity index is 1.23. The first-order valence-corrected chi connectivity index (χ1v) is 17.4. The molecule has 5 aliphatic heterocycles. The van der Waals surface area contributed by atoms with Crippen molar-refractivity contribution in [2.75, 3.05) is 36.9 Å². The van der Waals surface area contributed by atoms with E-state index in [4.69, 9.17) is 15.5 Å². The summed E-state index contributed by atoms with van der Waals surface area (Å²) in [6.07, 6.45) is 0.808. The van der Waals surface area contributed by atoms with Crippen LogP contribution in [0.3, 0.4) is 0 Å². The van der Waals surface area contributed by atoms with Crippen LogP contribution in [0.25, 0.3) is 22.3 Å². The van der Waals surface area contributed by atoms with E-state index in [2.05, 4.69) is 25.1 Å². The smallest absolute Gasteiger partial charge is 0.418 e. The van der Waals surface area contributed by atoms with Gasteiger partial charge in [0.15, 0.2) is 11.6 Å². The summed E-state index contributed by atoms with van der Waals surface area (Å²) < 4.78 is 83.4. The maximum atomic E-state index is 17.0. The third-order valence-electron chi connectivity index (χ3n) is 12.3. The van der Waals surface area contributed by atoms with Crippen molar-refractivity contribution in [2.24, 2.45) is 5.41 Å². The number of ether oxygens (including phenoxy) is 1. The molecule has 5 atom stereocenters. The lowest BCUT2D eigenvalue weighted by Gasteiger charge is -2.41. The molecule has 3 N–H and O–H groups in total. The predicted molar refractivity (Wildman–Crippen MR) is 172 cm³/mol. The van der Waals surface area contributed by atoms with Crippen LogP contribution in [0.4, 0.5) is 33.6 Å². The van der Waals surface area contributed by atoms with Gasteiger partial charge in [-0.25, -0.2) is 13.8 Å². The van der Waals surface area contributed by atoms with Gasteiger partial charge < -0.3 is 25.3 Å². The minimum absolute atomic E-state index is 0.0613. The highest BCUT2D eigenvalue weighted by atomic mass is 19.4. The summed E-state index contributed by atoms with van der Waals surface area (Å²) in [4.78, 5) is 31.8. The zero-order valence-electron chi connectivity index (χ0n) is 27.3. The molecule has 15 heteroatoms. The second kappa shape index (κ2) is 10.7. The number of piperazine rings is 1. The van der Waals surface area contributed by atoms with Gasteiger partial charge in [-0.3, -0.25) is 9.69 Å². The summed E-state index contributed by atoms with van der Waals surface area (Å²) in [5.74, 6) is -1.17. The Labute approximate surface area is 279 Å². The number of fused-ring (bicyclic) bond motifs is 6. The molecule has 6 aliphatic rings. The van der Waals surface area contributed by atoms with Crippen LogP contribution in [-0.4, -0.2) is 80.5 Å². The Morgan fingerprint density at radius 2 is 1.96 bits per heavy atom. The lowest BCUT2D eigenvalue weighted by Crippen LogP contribution is -2.58. The molecule has 1 saturated carbocycles. The van der Waals surface area contributed by atoms with Crippen molar-refractivity contribution in [1.82, 2.24) is 29.7 Å². The van der Waals surface area contributed by atoms with E-state index in [9.17, 15) is 22.4 Å². The molecule has 4 saturated heterocycles. The Kier molecular flexibility index (Phi) is 6.86. The van der Waals surface area contributed by atoms with Gasteiger partial charge in [-0.05, 0) is 62.0 Å². The van der Waals surface area contributed by atoms with E-state index in [-0.39, 0.29) is 71.5 Å². The van der Waals surface area contributed by atoms with Crippen molar-refractivity contribution < 1.29 is 26.7 Å². The minimum atomic E-state index is -4.94. The molecule has 10 nitrogen and oxygen atoms in total. The zero-order valence-corrected chi connectivity index (χ0v) is 27.3. The van der Waals surface area contributed by atoms with Gasteiger partial charge in [-0.1, -0.05) is 13.3 Å². The predicted octanol–water partition coefficient (Wildman–Crippen LogP) is 4.60. The first-order chi connectivity index (χ1) is 23.4. The fraction of sp³-hybridized carbons (Fsp3) is 0.647. The highest BCUT2D eigenvalue weighted by Gasteiger charge is 2.60.